The maximum Gasteiger partial charge on any atom is 0.338 e. The lowest BCUT2D eigenvalue weighted by Crippen LogP contribution is -2.07. The van der Waals surface area contributed by atoms with E-state index >= 15 is 0 Å². The minimum absolute atomic E-state index is 0.166. The van der Waals surface area contributed by atoms with Gasteiger partial charge in [-0.2, -0.15) is 0 Å². The second-order valence-corrected chi connectivity index (χ2v) is 4.41. The summed E-state index contributed by atoms with van der Waals surface area (Å²) in [5.41, 5.74) is 9.51. The van der Waals surface area contributed by atoms with Crippen molar-refractivity contribution in [1.82, 2.24) is 4.98 Å². The summed E-state index contributed by atoms with van der Waals surface area (Å²) < 4.78 is 5.23. The predicted molar refractivity (Wildman–Crippen MR) is 73.7 cm³/mol. The van der Waals surface area contributed by atoms with Crippen molar-refractivity contribution >= 4 is 11.7 Å². The molecule has 0 bridgehead atoms. The number of nitrogens with two attached hydrogens (primary N) is 1. The first-order valence-electron chi connectivity index (χ1n) is 6.01. The van der Waals surface area contributed by atoms with Gasteiger partial charge in [-0.15, -0.1) is 0 Å². The molecule has 0 amide bonds. The van der Waals surface area contributed by atoms with Crippen LogP contribution in [0, 0.1) is 13.8 Å². The highest BCUT2D eigenvalue weighted by molar-refractivity contribution is 5.90. The summed E-state index contributed by atoms with van der Waals surface area (Å²) in [6, 6.07) is 8.92. The number of carbonyl (C=O) groups is 1. The van der Waals surface area contributed by atoms with Gasteiger partial charge in [0.2, 0.25) is 0 Å². The van der Waals surface area contributed by atoms with Crippen LogP contribution in [0.1, 0.15) is 27.2 Å². The van der Waals surface area contributed by atoms with E-state index in [0.29, 0.717) is 11.3 Å². The number of aromatic nitrogens is 1. The molecule has 0 saturated heterocycles. The summed E-state index contributed by atoms with van der Waals surface area (Å²) in [7, 11) is 0. The molecule has 0 atom stereocenters. The van der Waals surface area contributed by atoms with Gasteiger partial charge >= 0.3 is 5.97 Å². The third-order valence-electron chi connectivity index (χ3n) is 2.97. The monoisotopic (exact) mass is 256 g/mol. The third-order valence-corrected chi connectivity index (χ3v) is 2.97. The third kappa shape index (κ3) is 3.10. The minimum Gasteiger partial charge on any atom is -0.456 e. The molecule has 1 aromatic carbocycles. The van der Waals surface area contributed by atoms with Gasteiger partial charge in [-0.3, -0.25) is 4.98 Å². The normalized spacial score (nSPS) is 10.2. The van der Waals surface area contributed by atoms with Gasteiger partial charge < -0.3 is 10.5 Å². The number of carbonyl (C=O) groups excluding carboxylic acids is 1. The van der Waals surface area contributed by atoms with Gasteiger partial charge in [-0.1, -0.05) is 12.1 Å². The fourth-order valence-electron chi connectivity index (χ4n) is 1.65. The van der Waals surface area contributed by atoms with Crippen molar-refractivity contribution in [3.05, 3.63) is 58.9 Å². The Morgan fingerprint density at radius 1 is 1.26 bits per heavy atom. The average Bonchev–Trinajstić information content (AvgIpc) is 2.40. The van der Waals surface area contributed by atoms with E-state index in [4.69, 9.17) is 10.5 Å². The molecule has 0 unspecified atom stereocenters. The number of ether oxygens (including phenoxy) is 1. The van der Waals surface area contributed by atoms with Crippen molar-refractivity contribution in [1.29, 1.82) is 0 Å². The molecule has 1 heterocycles. The molecule has 4 heteroatoms. The lowest BCUT2D eigenvalue weighted by atomic mass is 10.1. The SMILES string of the molecule is Cc1ccc(C(=O)OCc2ncccc2C)cc1N. The molecular weight excluding hydrogens is 240 g/mol. The van der Waals surface area contributed by atoms with Crippen molar-refractivity contribution < 1.29 is 9.53 Å². The maximum absolute atomic E-state index is 11.9. The molecule has 0 aliphatic rings. The van der Waals surface area contributed by atoms with Gasteiger partial charge in [0.05, 0.1) is 11.3 Å². The molecule has 0 aliphatic carbocycles. The summed E-state index contributed by atoms with van der Waals surface area (Å²) in [6.07, 6.45) is 1.68. The van der Waals surface area contributed by atoms with Gasteiger partial charge in [0.15, 0.2) is 0 Å². The Kier molecular flexibility index (Phi) is 3.80. The van der Waals surface area contributed by atoms with E-state index in [9.17, 15) is 4.79 Å². The summed E-state index contributed by atoms with van der Waals surface area (Å²) in [6.45, 7) is 3.99. The van der Waals surface area contributed by atoms with Gasteiger partial charge in [0.1, 0.15) is 6.61 Å². The van der Waals surface area contributed by atoms with E-state index in [1.165, 1.54) is 0 Å². The smallest absolute Gasteiger partial charge is 0.338 e. The van der Waals surface area contributed by atoms with Gasteiger partial charge in [-0.25, -0.2) is 4.79 Å². The molecule has 0 saturated carbocycles. The number of hydrogen-bond donors (Lipinski definition) is 1. The van der Waals surface area contributed by atoms with Crippen LogP contribution in [0.15, 0.2) is 36.5 Å². The van der Waals surface area contributed by atoms with E-state index in [2.05, 4.69) is 4.98 Å². The number of pyridine rings is 1. The number of esters is 1. The van der Waals surface area contributed by atoms with Gasteiger partial charge in [0.25, 0.3) is 0 Å². The number of hydrogen-bond acceptors (Lipinski definition) is 4. The molecule has 4 nitrogen and oxygen atoms in total. The van der Waals surface area contributed by atoms with E-state index in [-0.39, 0.29) is 6.61 Å². The van der Waals surface area contributed by atoms with E-state index < -0.39 is 5.97 Å². The quantitative estimate of drug-likeness (QED) is 0.677. The number of nitrogen functional groups attached to an aromatic ring is 1. The number of rotatable bonds is 3. The first-order valence-corrected chi connectivity index (χ1v) is 6.01. The number of benzene rings is 1. The van der Waals surface area contributed by atoms with Crippen molar-refractivity contribution in [2.75, 3.05) is 5.73 Å². The number of anilines is 1. The van der Waals surface area contributed by atoms with Crippen LogP contribution in [0.4, 0.5) is 5.69 Å². The Morgan fingerprint density at radius 2 is 2.05 bits per heavy atom. The van der Waals surface area contributed by atoms with Crippen LogP contribution in [0.5, 0.6) is 0 Å². The first kappa shape index (κ1) is 13.1. The number of aryl methyl sites for hydroxylation is 2. The Hall–Kier alpha value is -2.36. The van der Waals surface area contributed by atoms with Crippen molar-refractivity contribution in [3.8, 4) is 0 Å². The molecule has 1 aromatic heterocycles. The molecule has 19 heavy (non-hydrogen) atoms. The first-order chi connectivity index (χ1) is 9.08. The van der Waals surface area contributed by atoms with Gasteiger partial charge in [-0.05, 0) is 43.2 Å². The highest BCUT2D eigenvalue weighted by Gasteiger charge is 2.09. The Morgan fingerprint density at radius 3 is 2.74 bits per heavy atom. The standard InChI is InChI=1S/C15H16N2O2/c1-10-5-6-12(8-13(10)16)15(18)19-9-14-11(2)4-3-7-17-14/h3-8H,9,16H2,1-2H3. The molecule has 0 spiro atoms. The molecule has 2 rings (SSSR count). The molecule has 2 aromatic rings. The molecule has 0 aliphatic heterocycles. The zero-order valence-corrected chi connectivity index (χ0v) is 11.0. The molecular formula is C15H16N2O2. The summed E-state index contributed by atoms with van der Waals surface area (Å²) in [5.74, 6) is -0.392. The fraction of sp³-hybridized carbons (Fsp3) is 0.200. The van der Waals surface area contributed by atoms with E-state index in [0.717, 1.165) is 16.8 Å². The predicted octanol–water partition coefficient (Wildman–Crippen LogP) is 2.64. The lowest BCUT2D eigenvalue weighted by molar-refractivity contribution is 0.0467. The molecule has 0 radical (unpaired) electrons. The van der Waals surface area contributed by atoms with Crippen LogP contribution in [-0.4, -0.2) is 11.0 Å². The Bertz CT molecular complexity index is 609. The van der Waals surface area contributed by atoms with Crippen LogP contribution in [-0.2, 0) is 11.3 Å². The highest BCUT2D eigenvalue weighted by Crippen LogP contribution is 2.14. The molecule has 2 N–H and O–H groups in total. The topological polar surface area (TPSA) is 65.2 Å². The largest absolute Gasteiger partial charge is 0.456 e. The molecule has 0 fully saturated rings. The van der Waals surface area contributed by atoms with E-state index in [1.54, 1.807) is 24.4 Å². The van der Waals surface area contributed by atoms with Crippen LogP contribution in [0.3, 0.4) is 0 Å². The summed E-state index contributed by atoms with van der Waals surface area (Å²) in [5, 5.41) is 0. The Balaban J connectivity index is 2.05. The van der Waals surface area contributed by atoms with E-state index in [1.807, 2.05) is 26.0 Å². The lowest BCUT2D eigenvalue weighted by Gasteiger charge is -2.07. The number of nitrogens with zero attached hydrogens (tertiary/aromatic N) is 1. The minimum atomic E-state index is -0.392. The zero-order chi connectivity index (χ0) is 13.8. The summed E-state index contributed by atoms with van der Waals surface area (Å²) >= 11 is 0. The molecule has 98 valence electrons. The second kappa shape index (κ2) is 5.52. The zero-order valence-electron chi connectivity index (χ0n) is 11.0. The summed E-state index contributed by atoms with van der Waals surface area (Å²) in [4.78, 5) is 16.1. The average molecular weight is 256 g/mol. The van der Waals surface area contributed by atoms with Crippen molar-refractivity contribution in [3.63, 3.8) is 0 Å². The van der Waals surface area contributed by atoms with Gasteiger partial charge in [0, 0.05) is 11.9 Å². The Labute approximate surface area is 112 Å². The van der Waals surface area contributed by atoms with Crippen LogP contribution < -0.4 is 5.73 Å². The fourth-order valence-corrected chi connectivity index (χ4v) is 1.65. The maximum atomic E-state index is 11.9. The van der Waals surface area contributed by atoms with Crippen LogP contribution in [0.2, 0.25) is 0 Å². The second-order valence-electron chi connectivity index (χ2n) is 4.41. The highest BCUT2D eigenvalue weighted by atomic mass is 16.5. The van der Waals surface area contributed by atoms with Crippen LogP contribution >= 0.6 is 0 Å². The van der Waals surface area contributed by atoms with Crippen LogP contribution in [0.25, 0.3) is 0 Å². The van der Waals surface area contributed by atoms with Crippen molar-refractivity contribution in [2.45, 2.75) is 20.5 Å². The van der Waals surface area contributed by atoms with Crippen molar-refractivity contribution in [2.24, 2.45) is 0 Å².